The Labute approximate surface area is 182 Å². The Morgan fingerprint density at radius 1 is 1.23 bits per heavy atom. The van der Waals surface area contributed by atoms with Gasteiger partial charge in [0.1, 0.15) is 17.0 Å². The van der Waals surface area contributed by atoms with Crippen molar-refractivity contribution in [2.45, 2.75) is 39.2 Å². The van der Waals surface area contributed by atoms with Gasteiger partial charge in [0.2, 0.25) is 11.6 Å². The van der Waals surface area contributed by atoms with Crippen LogP contribution in [-0.4, -0.2) is 34.8 Å². The van der Waals surface area contributed by atoms with Gasteiger partial charge < -0.3 is 9.67 Å². The molecule has 5 rings (SSSR count). The van der Waals surface area contributed by atoms with Gasteiger partial charge in [-0.25, -0.2) is 19.7 Å². The Balaban J connectivity index is 1.66. The molecule has 4 aromatic rings. The van der Waals surface area contributed by atoms with E-state index in [1.165, 1.54) is 31.7 Å². The van der Waals surface area contributed by atoms with Gasteiger partial charge in [-0.2, -0.15) is 0 Å². The number of H-pyrrole nitrogens is 1. The fourth-order valence-corrected chi connectivity index (χ4v) is 4.48. The summed E-state index contributed by atoms with van der Waals surface area (Å²) in [5.74, 6) is 0.938. The second-order valence-corrected chi connectivity index (χ2v) is 8.67. The minimum atomic E-state index is -0.697. The number of aromatic hydroxyl groups is 1. The van der Waals surface area contributed by atoms with Gasteiger partial charge >= 0.3 is 5.76 Å². The molecule has 9 nitrogen and oxygen atoms in total. The van der Waals surface area contributed by atoms with Crippen LogP contribution in [0.5, 0.6) is 5.75 Å². The Morgan fingerprint density at radius 2 is 2.03 bits per heavy atom. The van der Waals surface area contributed by atoms with Gasteiger partial charge in [-0.05, 0) is 42.9 Å². The number of nitrogens with zero attached hydrogens (tertiary/aromatic N) is 5. The molecular weight excluding hydrogens is 420 g/mol. The average Bonchev–Trinajstić information content (AvgIpc) is 3.35. The first kappa shape index (κ1) is 19.7. The van der Waals surface area contributed by atoms with E-state index in [9.17, 15) is 9.90 Å². The van der Waals surface area contributed by atoms with E-state index < -0.39 is 5.76 Å². The van der Waals surface area contributed by atoms with Gasteiger partial charge in [-0.15, -0.1) is 0 Å². The van der Waals surface area contributed by atoms with Crippen LogP contribution in [0.1, 0.15) is 32.6 Å². The number of aromatic nitrogens is 6. The van der Waals surface area contributed by atoms with Crippen molar-refractivity contribution >= 4 is 22.8 Å². The number of imidazole rings is 1. The summed E-state index contributed by atoms with van der Waals surface area (Å²) in [6.07, 6.45) is 6.57. The van der Waals surface area contributed by atoms with Crippen LogP contribution >= 0.6 is 11.6 Å². The lowest BCUT2D eigenvalue weighted by Crippen LogP contribution is -2.17. The number of fused-ring (bicyclic) bond motifs is 1. The number of hydrogen-bond donors (Lipinski definition) is 2. The summed E-state index contributed by atoms with van der Waals surface area (Å²) in [5.41, 5.74) is 2.37. The first-order valence-corrected chi connectivity index (χ1v) is 10.6. The highest BCUT2D eigenvalue weighted by atomic mass is 35.5. The first-order chi connectivity index (χ1) is 15.0. The monoisotopic (exact) mass is 440 g/mol. The van der Waals surface area contributed by atoms with Crippen molar-refractivity contribution in [3.05, 3.63) is 40.1 Å². The molecule has 0 bridgehead atoms. The fraction of sp³-hybridized carbons (Fsp3) is 0.381. The molecule has 1 aliphatic carbocycles. The number of halogens is 1. The highest BCUT2D eigenvalue weighted by molar-refractivity contribution is 6.31. The van der Waals surface area contributed by atoms with Gasteiger partial charge in [0.15, 0.2) is 5.65 Å². The third kappa shape index (κ3) is 3.93. The Bertz CT molecular complexity index is 1280. The summed E-state index contributed by atoms with van der Waals surface area (Å²) in [4.78, 5) is 27.5. The van der Waals surface area contributed by atoms with Gasteiger partial charge in [-0.3, -0.25) is 9.51 Å². The number of hydrogen-bond acceptors (Lipinski definition) is 7. The molecule has 31 heavy (non-hydrogen) atoms. The molecular formula is C21H21ClN6O3. The Hall–Kier alpha value is -3.20. The predicted octanol–water partition coefficient (Wildman–Crippen LogP) is 4.02. The van der Waals surface area contributed by atoms with E-state index in [2.05, 4.69) is 41.1 Å². The predicted molar refractivity (Wildman–Crippen MR) is 115 cm³/mol. The molecule has 0 atom stereocenters. The zero-order valence-electron chi connectivity index (χ0n) is 16.9. The summed E-state index contributed by atoms with van der Waals surface area (Å²) < 4.78 is 6.67. The molecule has 0 saturated heterocycles. The molecule has 3 heterocycles. The van der Waals surface area contributed by atoms with Crippen LogP contribution in [0, 0.1) is 11.8 Å². The maximum absolute atomic E-state index is 11.4. The van der Waals surface area contributed by atoms with Crippen LogP contribution in [0.2, 0.25) is 5.02 Å². The van der Waals surface area contributed by atoms with E-state index in [0.29, 0.717) is 27.8 Å². The molecule has 0 amide bonds. The first-order valence-electron chi connectivity index (χ1n) is 10.3. The van der Waals surface area contributed by atoms with E-state index in [1.807, 2.05) is 0 Å². The molecule has 3 aromatic heterocycles. The van der Waals surface area contributed by atoms with Crippen molar-refractivity contribution in [3.63, 3.8) is 0 Å². The zero-order valence-corrected chi connectivity index (χ0v) is 17.6. The van der Waals surface area contributed by atoms with Crippen LogP contribution in [0.4, 0.5) is 0 Å². The highest BCUT2D eigenvalue weighted by Gasteiger charge is 2.23. The van der Waals surface area contributed by atoms with E-state index >= 15 is 0 Å². The number of phenolic OH excluding ortho intramolecular Hbond substituents is 1. The maximum Gasteiger partial charge on any atom is 0.439 e. The van der Waals surface area contributed by atoms with E-state index in [0.717, 1.165) is 18.0 Å². The summed E-state index contributed by atoms with van der Waals surface area (Å²) >= 11 is 6.19. The smallest absolute Gasteiger partial charge is 0.439 e. The summed E-state index contributed by atoms with van der Waals surface area (Å²) in [6, 6.07) is 4.76. The van der Waals surface area contributed by atoms with Crippen LogP contribution in [-0.2, 0) is 6.54 Å². The van der Waals surface area contributed by atoms with Crippen LogP contribution in [0.15, 0.2) is 33.8 Å². The van der Waals surface area contributed by atoms with Crippen molar-refractivity contribution in [1.82, 2.24) is 29.7 Å². The van der Waals surface area contributed by atoms with Gasteiger partial charge in [0, 0.05) is 17.1 Å². The molecule has 10 heteroatoms. The highest BCUT2D eigenvalue weighted by Crippen LogP contribution is 2.34. The van der Waals surface area contributed by atoms with Crippen molar-refractivity contribution in [2.24, 2.45) is 11.8 Å². The second kappa shape index (κ2) is 7.81. The molecule has 0 radical (unpaired) electrons. The molecule has 1 saturated carbocycles. The number of rotatable bonds is 4. The molecule has 160 valence electrons. The minimum absolute atomic E-state index is 0.0259. The Morgan fingerprint density at radius 3 is 2.74 bits per heavy atom. The van der Waals surface area contributed by atoms with Crippen LogP contribution in [0.3, 0.4) is 0 Å². The SMILES string of the molecule is CC1CCC(Cn2cnc3nc(-c4noc(=O)[nH]4)nc(-c4cc(O)cc(Cl)c4)c32)CC1. The van der Waals surface area contributed by atoms with Crippen molar-refractivity contribution in [3.8, 4) is 28.7 Å². The molecule has 1 aliphatic rings. The summed E-state index contributed by atoms with van der Waals surface area (Å²) in [6.45, 7) is 3.11. The zero-order chi connectivity index (χ0) is 21.5. The molecule has 1 fully saturated rings. The fourth-order valence-electron chi connectivity index (χ4n) is 4.25. The number of phenols is 1. The average molecular weight is 441 g/mol. The largest absolute Gasteiger partial charge is 0.508 e. The Kier molecular flexibility index (Phi) is 4.97. The molecule has 0 unspecified atom stereocenters. The van der Waals surface area contributed by atoms with Gasteiger partial charge in [-0.1, -0.05) is 36.5 Å². The van der Waals surface area contributed by atoms with Crippen molar-refractivity contribution in [2.75, 3.05) is 0 Å². The topological polar surface area (TPSA) is 123 Å². The third-order valence-corrected chi connectivity index (χ3v) is 6.09. The maximum atomic E-state index is 11.4. The van der Waals surface area contributed by atoms with Gasteiger partial charge in [0.25, 0.3) is 0 Å². The quantitative estimate of drug-likeness (QED) is 0.491. The standard InChI is InChI=1S/C21H21ClN6O3/c1-11-2-4-12(5-3-11)9-28-10-23-18-17(28)16(13-6-14(22)8-15(29)7-13)24-19(25-18)20-26-21(30)31-27-20/h6-8,10-12,29H,2-5,9H2,1H3,(H,26,27,30). The van der Waals surface area contributed by atoms with E-state index in [1.54, 1.807) is 18.5 Å². The molecule has 2 N–H and O–H groups in total. The number of benzene rings is 1. The minimum Gasteiger partial charge on any atom is -0.508 e. The molecule has 1 aromatic carbocycles. The lowest BCUT2D eigenvalue weighted by atomic mass is 9.83. The van der Waals surface area contributed by atoms with Crippen LogP contribution < -0.4 is 5.76 Å². The lowest BCUT2D eigenvalue weighted by molar-refractivity contribution is 0.266. The molecule has 0 spiro atoms. The normalized spacial score (nSPS) is 19.2. The van der Waals surface area contributed by atoms with Gasteiger partial charge in [0.05, 0.1) is 6.33 Å². The molecule has 0 aliphatic heterocycles. The number of aromatic amines is 1. The van der Waals surface area contributed by atoms with Crippen molar-refractivity contribution in [1.29, 1.82) is 0 Å². The second-order valence-electron chi connectivity index (χ2n) is 8.23. The third-order valence-electron chi connectivity index (χ3n) is 5.87. The van der Waals surface area contributed by atoms with E-state index in [4.69, 9.17) is 11.6 Å². The summed E-state index contributed by atoms with van der Waals surface area (Å²) in [5, 5.41) is 14.2. The summed E-state index contributed by atoms with van der Waals surface area (Å²) in [7, 11) is 0. The number of nitrogens with one attached hydrogen (secondary N) is 1. The lowest BCUT2D eigenvalue weighted by Gasteiger charge is -2.26. The van der Waals surface area contributed by atoms with E-state index in [-0.39, 0.29) is 17.4 Å². The van der Waals surface area contributed by atoms with Crippen LogP contribution in [0.25, 0.3) is 34.1 Å². The van der Waals surface area contributed by atoms with Crippen molar-refractivity contribution < 1.29 is 9.63 Å².